The van der Waals surface area contributed by atoms with Crippen molar-refractivity contribution in [1.29, 1.82) is 0 Å². The number of hydrogen-bond donors (Lipinski definition) is 3. The third-order valence-corrected chi connectivity index (χ3v) is 1.86. The van der Waals surface area contributed by atoms with Gasteiger partial charge in [-0.3, -0.25) is 0 Å². The molecule has 0 fully saturated rings. The molecule has 44 valence electrons. The van der Waals surface area contributed by atoms with Crippen LogP contribution in [0.1, 0.15) is 0 Å². The summed E-state index contributed by atoms with van der Waals surface area (Å²) >= 11 is 5.99. The summed E-state index contributed by atoms with van der Waals surface area (Å²) in [6, 6.07) is 0. The molecule has 0 saturated carbocycles. The molecule has 0 atom stereocenters. The topological polar surface area (TPSA) is 55.8 Å². The smallest absolute Gasteiger partial charge is 0.301 e. The van der Waals surface area contributed by atoms with E-state index in [2.05, 4.69) is 33.8 Å². The summed E-state index contributed by atoms with van der Waals surface area (Å²) in [7, 11) is -3.93. The SMILES string of the molecule is O=P(O)(OS)OS. The van der Waals surface area contributed by atoms with Crippen LogP contribution in [0.3, 0.4) is 0 Å². The Kier molecular flexibility index (Phi) is 3.30. The Balaban J connectivity index is 3.61. The van der Waals surface area contributed by atoms with Gasteiger partial charge in [0.25, 0.3) is 0 Å². The zero-order valence-corrected chi connectivity index (χ0v) is 5.70. The second-order valence-electron chi connectivity index (χ2n) is 0.632. The van der Waals surface area contributed by atoms with Gasteiger partial charge in [0.1, 0.15) is 0 Å². The molecular weight excluding hydrogens is 159 g/mol. The van der Waals surface area contributed by atoms with Crippen LogP contribution in [0.25, 0.3) is 0 Å². The maximum atomic E-state index is 9.91. The fraction of sp³-hybridized carbons (Fsp3) is 0. The highest BCUT2D eigenvalue weighted by atomic mass is 32.1. The molecule has 0 aliphatic heterocycles. The minimum absolute atomic E-state index is 2.99. The molecule has 0 bridgehead atoms. The van der Waals surface area contributed by atoms with E-state index in [9.17, 15) is 4.57 Å². The Labute approximate surface area is 51.7 Å². The summed E-state index contributed by atoms with van der Waals surface area (Å²) in [4.78, 5) is 8.09. The predicted octanol–water partition coefficient (Wildman–Crippen LogP) is 0.810. The Morgan fingerprint density at radius 3 is 1.71 bits per heavy atom. The van der Waals surface area contributed by atoms with Crippen molar-refractivity contribution in [2.24, 2.45) is 0 Å². The average molecular weight is 162 g/mol. The molecule has 0 aliphatic carbocycles. The number of thiol groups is 2. The summed E-state index contributed by atoms with van der Waals surface area (Å²) in [5.74, 6) is 0. The van der Waals surface area contributed by atoms with Crippen LogP contribution >= 0.6 is 33.6 Å². The fourth-order valence-electron chi connectivity index (χ4n) is 0.0149. The highest BCUT2D eigenvalue weighted by Gasteiger charge is 2.16. The maximum absolute atomic E-state index is 9.91. The molecule has 0 unspecified atom stereocenters. The predicted molar refractivity (Wildman–Crippen MR) is 30.0 cm³/mol. The minimum Gasteiger partial charge on any atom is -0.301 e. The normalized spacial score (nSPS) is 11.9. The lowest BCUT2D eigenvalue weighted by atomic mass is 15.7. The van der Waals surface area contributed by atoms with Crippen LogP contribution in [0.2, 0.25) is 0 Å². The quantitative estimate of drug-likeness (QED) is 0.319. The van der Waals surface area contributed by atoms with E-state index in [-0.39, 0.29) is 0 Å². The molecule has 0 saturated heterocycles. The first kappa shape index (κ1) is 7.81. The van der Waals surface area contributed by atoms with E-state index in [1.165, 1.54) is 0 Å². The van der Waals surface area contributed by atoms with Gasteiger partial charge < -0.3 is 4.89 Å². The van der Waals surface area contributed by atoms with Crippen LogP contribution in [-0.2, 0) is 12.5 Å². The lowest BCUT2D eigenvalue weighted by molar-refractivity contribution is 0.327. The largest absolute Gasteiger partial charge is 0.494 e. The Morgan fingerprint density at radius 2 is 1.71 bits per heavy atom. The summed E-state index contributed by atoms with van der Waals surface area (Å²) in [5, 5.41) is 0. The summed E-state index contributed by atoms with van der Waals surface area (Å²) in [6.07, 6.45) is 0. The number of rotatable bonds is 2. The summed E-state index contributed by atoms with van der Waals surface area (Å²) in [6.45, 7) is 0. The molecule has 0 aromatic rings. The fourth-order valence-corrected chi connectivity index (χ4v) is 0.402. The van der Waals surface area contributed by atoms with Gasteiger partial charge >= 0.3 is 7.82 Å². The lowest BCUT2D eigenvalue weighted by Gasteiger charge is -1.98. The van der Waals surface area contributed by atoms with Crippen LogP contribution < -0.4 is 0 Å². The molecule has 0 aromatic carbocycles. The van der Waals surface area contributed by atoms with Crippen molar-refractivity contribution < 1.29 is 17.4 Å². The van der Waals surface area contributed by atoms with Crippen LogP contribution in [0, 0.1) is 0 Å². The molecule has 1 N–H and O–H groups in total. The minimum atomic E-state index is -3.93. The highest BCUT2D eigenvalue weighted by molar-refractivity contribution is 7.85. The van der Waals surface area contributed by atoms with E-state index in [0.29, 0.717) is 0 Å². The van der Waals surface area contributed by atoms with Crippen molar-refractivity contribution >= 4 is 33.6 Å². The van der Waals surface area contributed by atoms with Gasteiger partial charge in [0.05, 0.1) is 0 Å². The van der Waals surface area contributed by atoms with Crippen molar-refractivity contribution in [3.63, 3.8) is 0 Å². The van der Waals surface area contributed by atoms with Crippen molar-refractivity contribution in [3.8, 4) is 0 Å². The maximum Gasteiger partial charge on any atom is 0.494 e. The number of hydrogen-bond acceptors (Lipinski definition) is 5. The summed E-state index contributed by atoms with van der Waals surface area (Å²) < 4.78 is 17.1. The lowest BCUT2D eigenvalue weighted by Crippen LogP contribution is -1.74. The van der Waals surface area contributed by atoms with Gasteiger partial charge in [0.2, 0.25) is 0 Å². The van der Waals surface area contributed by atoms with Gasteiger partial charge in [0.15, 0.2) is 0 Å². The van der Waals surface area contributed by atoms with Gasteiger partial charge in [-0.15, -0.1) is 0 Å². The molecule has 0 spiro atoms. The van der Waals surface area contributed by atoms with Gasteiger partial charge in [-0.2, -0.15) is 0 Å². The second-order valence-corrected chi connectivity index (χ2v) is 2.88. The molecule has 0 aliphatic rings. The van der Waals surface area contributed by atoms with Crippen LogP contribution in [0.5, 0.6) is 0 Å². The van der Waals surface area contributed by atoms with Crippen molar-refractivity contribution in [2.75, 3.05) is 0 Å². The first-order valence-corrected chi connectivity index (χ1v) is 3.34. The molecule has 7 heteroatoms. The Morgan fingerprint density at radius 1 is 1.43 bits per heavy atom. The van der Waals surface area contributed by atoms with Crippen LogP contribution in [0.15, 0.2) is 0 Å². The molecule has 0 heterocycles. The third kappa shape index (κ3) is 3.40. The van der Waals surface area contributed by atoms with Crippen LogP contribution in [0.4, 0.5) is 0 Å². The van der Waals surface area contributed by atoms with Gasteiger partial charge in [0, 0.05) is 0 Å². The molecule has 0 radical (unpaired) electrons. The van der Waals surface area contributed by atoms with E-state index in [4.69, 9.17) is 4.89 Å². The van der Waals surface area contributed by atoms with Gasteiger partial charge in [-0.05, 0) is 25.8 Å². The van der Waals surface area contributed by atoms with Gasteiger partial charge in [-0.25, -0.2) is 12.5 Å². The zero-order valence-electron chi connectivity index (χ0n) is 3.01. The molecule has 0 aromatic heterocycles. The summed E-state index contributed by atoms with van der Waals surface area (Å²) in [5.41, 5.74) is 0. The van der Waals surface area contributed by atoms with E-state index in [1.54, 1.807) is 0 Å². The number of phosphoric acid groups is 1. The van der Waals surface area contributed by atoms with Crippen molar-refractivity contribution in [1.82, 2.24) is 0 Å². The van der Waals surface area contributed by atoms with E-state index in [0.717, 1.165) is 0 Å². The van der Waals surface area contributed by atoms with Crippen molar-refractivity contribution in [3.05, 3.63) is 0 Å². The first-order valence-electron chi connectivity index (χ1n) is 1.11. The van der Waals surface area contributed by atoms with E-state index in [1.807, 2.05) is 0 Å². The Hall–Kier alpha value is 0.810. The molecule has 0 rings (SSSR count). The molecule has 0 amide bonds. The molecule has 7 heavy (non-hydrogen) atoms. The second kappa shape index (κ2) is 2.96. The standard InChI is InChI=1S/H3O4PS2/c1-5(2,3-6)4-7/h6-7H,(H,1,2). The van der Waals surface area contributed by atoms with Gasteiger partial charge in [-0.1, -0.05) is 0 Å². The molecular formula is H3O4PS2. The highest BCUT2D eigenvalue weighted by Crippen LogP contribution is 2.45. The van der Waals surface area contributed by atoms with Crippen LogP contribution in [-0.4, -0.2) is 4.89 Å². The van der Waals surface area contributed by atoms with Crippen molar-refractivity contribution in [2.45, 2.75) is 0 Å². The Bertz CT molecular complexity index is 81.7. The first-order chi connectivity index (χ1) is 3.12. The average Bonchev–Trinajstić information content (AvgIpc) is 1.68. The van der Waals surface area contributed by atoms with E-state index < -0.39 is 7.82 Å². The third-order valence-electron chi connectivity index (χ3n) is 0.206. The molecule has 4 nitrogen and oxygen atoms in total. The monoisotopic (exact) mass is 162 g/mol. The van der Waals surface area contributed by atoms with E-state index >= 15 is 0 Å². The zero-order chi connectivity index (χ0) is 5.91.